The number of carbonyl (C=O) groups is 3. The zero-order valence-electron chi connectivity index (χ0n) is 17.4. The SMILES string of the molecule is O=C1CCC(N2Cc3cc(CN4CCNC(C5CCCC5)C4)ccc3C2=O)C(=O)N1. The highest BCUT2D eigenvalue weighted by Gasteiger charge is 2.39. The number of nitrogens with zero attached hydrogens (tertiary/aromatic N) is 2. The fourth-order valence-electron chi connectivity index (χ4n) is 5.65. The molecule has 0 spiro atoms. The lowest BCUT2D eigenvalue weighted by Gasteiger charge is -2.36. The molecule has 5 rings (SSSR count). The molecular formula is C23H30N4O3. The molecule has 1 saturated carbocycles. The minimum Gasteiger partial charge on any atom is -0.322 e. The van der Waals surface area contributed by atoms with E-state index in [-0.39, 0.29) is 24.1 Å². The Hall–Kier alpha value is -2.25. The van der Waals surface area contributed by atoms with Crippen LogP contribution in [0.2, 0.25) is 0 Å². The molecule has 1 aromatic rings. The van der Waals surface area contributed by atoms with Crippen molar-refractivity contribution in [3.63, 3.8) is 0 Å². The molecule has 0 bridgehead atoms. The van der Waals surface area contributed by atoms with E-state index in [4.69, 9.17) is 0 Å². The Labute approximate surface area is 177 Å². The van der Waals surface area contributed by atoms with Crippen molar-refractivity contribution in [2.24, 2.45) is 5.92 Å². The van der Waals surface area contributed by atoms with Crippen LogP contribution in [0.3, 0.4) is 0 Å². The molecule has 1 aromatic carbocycles. The first-order chi connectivity index (χ1) is 14.6. The smallest absolute Gasteiger partial charge is 0.255 e. The molecule has 0 aromatic heterocycles. The summed E-state index contributed by atoms with van der Waals surface area (Å²) in [6.45, 7) is 4.50. The van der Waals surface area contributed by atoms with E-state index in [0.29, 0.717) is 24.6 Å². The molecule has 0 radical (unpaired) electrons. The Morgan fingerprint density at radius 3 is 2.70 bits per heavy atom. The normalized spacial score (nSPS) is 28.1. The number of carbonyl (C=O) groups excluding carboxylic acids is 3. The molecule has 1 aliphatic carbocycles. The van der Waals surface area contributed by atoms with Crippen molar-refractivity contribution in [1.29, 1.82) is 0 Å². The van der Waals surface area contributed by atoms with Crippen LogP contribution in [0.1, 0.15) is 60.0 Å². The van der Waals surface area contributed by atoms with Crippen LogP contribution in [0, 0.1) is 5.92 Å². The van der Waals surface area contributed by atoms with E-state index >= 15 is 0 Å². The van der Waals surface area contributed by atoms with Gasteiger partial charge < -0.3 is 10.2 Å². The molecule has 4 aliphatic rings. The second-order valence-corrected chi connectivity index (χ2v) is 9.23. The molecule has 3 fully saturated rings. The molecule has 3 aliphatic heterocycles. The predicted molar refractivity (Wildman–Crippen MR) is 112 cm³/mol. The number of amides is 3. The standard InChI is InChI=1S/C23H30N4O3/c28-21-8-7-20(22(29)25-21)27-13-17-11-15(5-6-18(17)23(27)30)12-26-10-9-24-19(14-26)16-3-1-2-4-16/h5-6,11,16,19-20,24H,1-4,7-10,12-14H2,(H,25,28,29). The lowest BCUT2D eigenvalue weighted by atomic mass is 9.96. The van der Waals surface area contributed by atoms with Crippen LogP contribution in [0.25, 0.3) is 0 Å². The van der Waals surface area contributed by atoms with Gasteiger partial charge in [0.25, 0.3) is 5.91 Å². The van der Waals surface area contributed by atoms with Gasteiger partial charge in [0.2, 0.25) is 11.8 Å². The maximum atomic E-state index is 12.9. The number of rotatable bonds is 4. The predicted octanol–water partition coefficient (Wildman–Crippen LogP) is 1.41. The maximum absolute atomic E-state index is 12.9. The van der Waals surface area contributed by atoms with Gasteiger partial charge in [-0.25, -0.2) is 0 Å². The third-order valence-corrected chi connectivity index (χ3v) is 7.25. The first-order valence-electron chi connectivity index (χ1n) is 11.3. The lowest BCUT2D eigenvalue weighted by Crippen LogP contribution is -2.52. The minimum atomic E-state index is -0.550. The zero-order chi connectivity index (χ0) is 20.7. The minimum absolute atomic E-state index is 0.102. The van der Waals surface area contributed by atoms with E-state index in [0.717, 1.165) is 37.7 Å². The molecule has 2 unspecified atom stereocenters. The first kappa shape index (κ1) is 19.7. The summed E-state index contributed by atoms with van der Waals surface area (Å²) in [6.07, 6.45) is 6.12. The zero-order valence-corrected chi connectivity index (χ0v) is 17.4. The molecule has 160 valence electrons. The fourth-order valence-corrected chi connectivity index (χ4v) is 5.65. The molecule has 2 atom stereocenters. The largest absolute Gasteiger partial charge is 0.322 e. The van der Waals surface area contributed by atoms with Crippen molar-refractivity contribution < 1.29 is 14.4 Å². The summed E-state index contributed by atoms with van der Waals surface area (Å²) in [6, 6.07) is 6.14. The van der Waals surface area contributed by atoms with Gasteiger partial charge >= 0.3 is 0 Å². The quantitative estimate of drug-likeness (QED) is 0.734. The third-order valence-electron chi connectivity index (χ3n) is 7.25. The number of hydrogen-bond donors (Lipinski definition) is 2. The highest BCUT2D eigenvalue weighted by Crippen LogP contribution is 2.30. The number of benzene rings is 1. The van der Waals surface area contributed by atoms with Gasteiger partial charge in [-0.05, 0) is 42.4 Å². The Balaban J connectivity index is 1.25. The summed E-state index contributed by atoms with van der Waals surface area (Å²) in [4.78, 5) is 40.7. The Bertz CT molecular complexity index is 864. The van der Waals surface area contributed by atoms with Crippen LogP contribution in [-0.4, -0.2) is 59.2 Å². The van der Waals surface area contributed by atoms with Gasteiger partial charge in [-0.15, -0.1) is 0 Å². The van der Waals surface area contributed by atoms with E-state index in [2.05, 4.69) is 27.7 Å². The van der Waals surface area contributed by atoms with E-state index in [1.54, 1.807) is 4.90 Å². The summed E-state index contributed by atoms with van der Waals surface area (Å²) in [7, 11) is 0. The van der Waals surface area contributed by atoms with Crippen LogP contribution in [0.4, 0.5) is 0 Å². The van der Waals surface area contributed by atoms with Gasteiger partial charge in [-0.2, -0.15) is 0 Å². The second-order valence-electron chi connectivity index (χ2n) is 9.23. The molecule has 7 heteroatoms. The average molecular weight is 411 g/mol. The molecule has 3 amide bonds. The van der Waals surface area contributed by atoms with E-state index in [1.807, 2.05) is 6.07 Å². The van der Waals surface area contributed by atoms with Gasteiger partial charge in [0.15, 0.2) is 0 Å². The summed E-state index contributed by atoms with van der Waals surface area (Å²) in [5, 5.41) is 6.08. The van der Waals surface area contributed by atoms with E-state index in [1.165, 1.54) is 31.2 Å². The van der Waals surface area contributed by atoms with Gasteiger partial charge in [0.1, 0.15) is 6.04 Å². The highest BCUT2D eigenvalue weighted by molar-refractivity contribution is 6.05. The van der Waals surface area contributed by atoms with Gasteiger partial charge in [-0.3, -0.25) is 24.6 Å². The number of nitrogens with one attached hydrogen (secondary N) is 2. The molecule has 7 nitrogen and oxygen atoms in total. The lowest BCUT2D eigenvalue weighted by molar-refractivity contribution is -0.136. The average Bonchev–Trinajstić information content (AvgIpc) is 3.37. The summed E-state index contributed by atoms with van der Waals surface area (Å²) >= 11 is 0. The van der Waals surface area contributed by atoms with Crippen molar-refractivity contribution in [3.05, 3.63) is 34.9 Å². The van der Waals surface area contributed by atoms with Crippen LogP contribution >= 0.6 is 0 Å². The second kappa shape index (κ2) is 8.12. The molecular weight excluding hydrogens is 380 g/mol. The van der Waals surface area contributed by atoms with Crippen LogP contribution < -0.4 is 10.6 Å². The number of piperazine rings is 1. The Kier molecular flexibility index (Phi) is 5.33. The van der Waals surface area contributed by atoms with E-state index in [9.17, 15) is 14.4 Å². The van der Waals surface area contributed by atoms with Crippen molar-refractivity contribution in [2.75, 3.05) is 19.6 Å². The fraction of sp³-hybridized carbons (Fsp3) is 0.609. The molecule has 2 N–H and O–H groups in total. The van der Waals surface area contributed by atoms with Crippen molar-refractivity contribution in [1.82, 2.24) is 20.4 Å². The first-order valence-corrected chi connectivity index (χ1v) is 11.3. The van der Waals surface area contributed by atoms with Gasteiger partial charge in [-0.1, -0.05) is 25.0 Å². The molecule has 2 saturated heterocycles. The van der Waals surface area contributed by atoms with Crippen molar-refractivity contribution >= 4 is 17.7 Å². The number of fused-ring (bicyclic) bond motifs is 1. The number of hydrogen-bond acceptors (Lipinski definition) is 5. The third kappa shape index (κ3) is 3.76. The van der Waals surface area contributed by atoms with Crippen molar-refractivity contribution in [2.45, 2.75) is 63.7 Å². The monoisotopic (exact) mass is 410 g/mol. The molecule has 3 heterocycles. The number of imide groups is 1. The number of piperidine rings is 1. The summed E-state index contributed by atoms with van der Waals surface area (Å²) in [5.41, 5.74) is 2.90. The molecule has 30 heavy (non-hydrogen) atoms. The van der Waals surface area contributed by atoms with E-state index < -0.39 is 6.04 Å². The Morgan fingerprint density at radius 2 is 1.90 bits per heavy atom. The van der Waals surface area contributed by atoms with Crippen LogP contribution in [-0.2, 0) is 22.7 Å². The Morgan fingerprint density at radius 1 is 1.07 bits per heavy atom. The van der Waals surface area contributed by atoms with Gasteiger partial charge in [0, 0.05) is 50.7 Å². The van der Waals surface area contributed by atoms with Gasteiger partial charge in [0.05, 0.1) is 0 Å². The van der Waals surface area contributed by atoms with Crippen LogP contribution in [0.5, 0.6) is 0 Å². The summed E-state index contributed by atoms with van der Waals surface area (Å²) in [5.74, 6) is 0.100. The topological polar surface area (TPSA) is 81.8 Å². The maximum Gasteiger partial charge on any atom is 0.255 e. The highest BCUT2D eigenvalue weighted by atomic mass is 16.2. The van der Waals surface area contributed by atoms with Crippen LogP contribution in [0.15, 0.2) is 18.2 Å². The van der Waals surface area contributed by atoms with Crippen molar-refractivity contribution in [3.8, 4) is 0 Å². The summed E-state index contributed by atoms with van der Waals surface area (Å²) < 4.78 is 0.